The molecular weight excluding hydrogens is 483 g/mol. The molecule has 0 aromatic heterocycles. The van der Waals surface area contributed by atoms with E-state index in [9.17, 15) is 27.6 Å². The van der Waals surface area contributed by atoms with E-state index in [-0.39, 0.29) is 18.0 Å². The first-order valence-corrected chi connectivity index (χ1v) is 11.1. The van der Waals surface area contributed by atoms with Gasteiger partial charge < -0.3 is 20.6 Å². The van der Waals surface area contributed by atoms with Crippen LogP contribution in [0.15, 0.2) is 41.3 Å². The zero-order valence-electron chi connectivity index (χ0n) is 16.8. The van der Waals surface area contributed by atoms with Gasteiger partial charge in [-0.3, -0.25) is 9.59 Å². The summed E-state index contributed by atoms with van der Waals surface area (Å²) in [7, 11) is 0. The van der Waals surface area contributed by atoms with Crippen LogP contribution in [0.2, 0.25) is 5.02 Å². The van der Waals surface area contributed by atoms with E-state index in [0.717, 1.165) is 23.9 Å². The maximum absolute atomic E-state index is 14.7. The second-order valence-corrected chi connectivity index (χ2v) is 9.15. The Morgan fingerprint density at radius 1 is 1.21 bits per heavy atom. The van der Waals surface area contributed by atoms with E-state index in [1.807, 2.05) is 0 Å². The molecule has 12 heteroatoms. The molecule has 174 valence electrons. The van der Waals surface area contributed by atoms with Crippen LogP contribution in [0, 0.1) is 5.82 Å². The summed E-state index contributed by atoms with van der Waals surface area (Å²) in [6.07, 6.45) is -1.92. The van der Waals surface area contributed by atoms with Crippen molar-refractivity contribution in [3.05, 3.63) is 58.4 Å². The number of anilines is 1. The molecule has 2 aromatic rings. The third kappa shape index (κ3) is 5.03. The quantitative estimate of drug-likeness (QED) is 0.580. The SMILES string of the molecule is O=C(O)N[C@H]1CSc2cc(F)c(C(=O)NC3CC3(F)F)cc2N(Cc2ccc(Cl)cc2)C1=O. The Labute approximate surface area is 195 Å². The largest absolute Gasteiger partial charge is 0.465 e. The Morgan fingerprint density at radius 3 is 2.48 bits per heavy atom. The van der Waals surface area contributed by atoms with Gasteiger partial charge in [0.2, 0.25) is 0 Å². The third-order valence-electron chi connectivity index (χ3n) is 5.24. The summed E-state index contributed by atoms with van der Waals surface area (Å²) < 4.78 is 41.1. The monoisotopic (exact) mass is 499 g/mol. The van der Waals surface area contributed by atoms with Crippen LogP contribution >= 0.6 is 23.4 Å². The Kier molecular flexibility index (Phi) is 6.19. The zero-order chi connectivity index (χ0) is 23.9. The Morgan fingerprint density at radius 2 is 1.88 bits per heavy atom. The van der Waals surface area contributed by atoms with E-state index in [1.165, 1.54) is 4.90 Å². The van der Waals surface area contributed by atoms with E-state index in [1.54, 1.807) is 24.3 Å². The molecule has 1 aliphatic heterocycles. The maximum Gasteiger partial charge on any atom is 0.405 e. The minimum Gasteiger partial charge on any atom is -0.465 e. The van der Waals surface area contributed by atoms with Gasteiger partial charge in [0.15, 0.2) is 0 Å². The van der Waals surface area contributed by atoms with Crippen LogP contribution < -0.4 is 15.5 Å². The number of benzene rings is 2. The molecule has 1 fully saturated rings. The molecule has 2 aromatic carbocycles. The fourth-order valence-corrected chi connectivity index (χ4v) is 4.59. The number of fused-ring (bicyclic) bond motifs is 1. The molecule has 4 rings (SSSR count). The van der Waals surface area contributed by atoms with Crippen molar-refractivity contribution in [1.29, 1.82) is 0 Å². The number of hydrogen-bond donors (Lipinski definition) is 3. The molecule has 0 radical (unpaired) electrons. The second kappa shape index (κ2) is 8.79. The van der Waals surface area contributed by atoms with Gasteiger partial charge in [0.1, 0.15) is 11.9 Å². The number of nitrogens with zero attached hydrogens (tertiary/aromatic N) is 1. The lowest BCUT2D eigenvalue weighted by atomic mass is 10.1. The first-order valence-electron chi connectivity index (χ1n) is 9.75. The van der Waals surface area contributed by atoms with Crippen LogP contribution in [-0.2, 0) is 11.3 Å². The van der Waals surface area contributed by atoms with Crippen molar-refractivity contribution in [2.24, 2.45) is 0 Å². The van der Waals surface area contributed by atoms with E-state index in [4.69, 9.17) is 16.7 Å². The lowest BCUT2D eigenvalue weighted by Gasteiger charge is -2.26. The number of carbonyl (C=O) groups excluding carboxylic acids is 2. The predicted molar refractivity (Wildman–Crippen MR) is 116 cm³/mol. The van der Waals surface area contributed by atoms with E-state index in [0.29, 0.717) is 15.5 Å². The second-order valence-electron chi connectivity index (χ2n) is 7.65. The van der Waals surface area contributed by atoms with Crippen molar-refractivity contribution in [2.45, 2.75) is 35.9 Å². The number of nitrogens with one attached hydrogen (secondary N) is 2. The highest BCUT2D eigenvalue weighted by atomic mass is 35.5. The number of carbonyl (C=O) groups is 3. The summed E-state index contributed by atoms with van der Waals surface area (Å²) in [5.41, 5.74) is 0.326. The lowest BCUT2D eigenvalue weighted by Crippen LogP contribution is -2.48. The number of halogens is 4. The molecule has 0 saturated heterocycles. The molecule has 1 saturated carbocycles. The zero-order valence-corrected chi connectivity index (χ0v) is 18.4. The highest BCUT2D eigenvalue weighted by Gasteiger charge is 2.58. The van der Waals surface area contributed by atoms with Gasteiger partial charge in [-0.25, -0.2) is 18.0 Å². The van der Waals surface area contributed by atoms with Gasteiger partial charge in [0.05, 0.1) is 23.8 Å². The first kappa shape index (κ1) is 23.2. The Bertz CT molecular complexity index is 1130. The molecule has 0 bridgehead atoms. The average Bonchev–Trinajstić information content (AvgIpc) is 3.37. The minimum atomic E-state index is -3.03. The predicted octanol–water partition coefficient (Wildman–Crippen LogP) is 3.89. The number of rotatable bonds is 5. The number of carboxylic acid groups (broad SMARTS) is 1. The molecular formula is C21H17ClF3N3O4S. The standard InChI is InChI=1S/C21H17ClF3N3O4S/c22-11-3-1-10(2-4-11)8-28-15-5-12(18(29)27-17-7-21(17,24)25)13(23)6-16(15)33-9-14(19(28)30)26-20(31)32/h1-6,14,17,26H,7-9H2,(H,27,29)(H,31,32)/t14-,17?/m0/s1. The minimum absolute atomic E-state index is 0.00543. The highest BCUT2D eigenvalue weighted by molar-refractivity contribution is 7.99. The molecule has 3 N–H and O–H groups in total. The maximum atomic E-state index is 14.7. The van der Waals surface area contributed by atoms with E-state index >= 15 is 0 Å². The third-order valence-corrected chi connectivity index (χ3v) is 6.63. The summed E-state index contributed by atoms with van der Waals surface area (Å²) in [6, 6.07) is 6.24. The van der Waals surface area contributed by atoms with Crippen molar-refractivity contribution in [2.75, 3.05) is 10.7 Å². The van der Waals surface area contributed by atoms with Gasteiger partial charge in [-0.2, -0.15) is 0 Å². The van der Waals surface area contributed by atoms with Crippen LogP contribution in [0.4, 0.5) is 23.7 Å². The molecule has 7 nitrogen and oxygen atoms in total. The molecule has 1 heterocycles. The first-order chi connectivity index (χ1) is 15.5. The smallest absolute Gasteiger partial charge is 0.405 e. The van der Waals surface area contributed by atoms with Crippen LogP contribution in [0.5, 0.6) is 0 Å². The van der Waals surface area contributed by atoms with Crippen molar-refractivity contribution < 1.29 is 32.7 Å². The average molecular weight is 500 g/mol. The van der Waals surface area contributed by atoms with Gasteiger partial charge >= 0.3 is 6.09 Å². The number of alkyl halides is 2. The van der Waals surface area contributed by atoms with Gasteiger partial charge in [0, 0.05) is 22.1 Å². The van der Waals surface area contributed by atoms with E-state index in [2.05, 4.69) is 10.6 Å². The summed E-state index contributed by atoms with van der Waals surface area (Å²) in [5.74, 6) is -5.60. The Hall–Kier alpha value is -2.92. The summed E-state index contributed by atoms with van der Waals surface area (Å²) in [5, 5.41) is 13.8. The van der Waals surface area contributed by atoms with Gasteiger partial charge in [-0.05, 0) is 29.8 Å². The van der Waals surface area contributed by atoms with Crippen LogP contribution in [-0.4, -0.2) is 46.8 Å². The van der Waals surface area contributed by atoms with Gasteiger partial charge in [-0.1, -0.05) is 23.7 Å². The number of thioether (sulfide) groups is 1. The molecule has 2 atom stereocenters. The van der Waals surface area contributed by atoms with Crippen LogP contribution in [0.3, 0.4) is 0 Å². The molecule has 0 spiro atoms. The molecule has 1 aliphatic carbocycles. The topological polar surface area (TPSA) is 98.7 Å². The van der Waals surface area contributed by atoms with Crippen LogP contribution in [0.1, 0.15) is 22.3 Å². The normalized spacial score (nSPS) is 21.1. The van der Waals surface area contributed by atoms with Crippen LogP contribution in [0.25, 0.3) is 0 Å². The molecule has 2 aliphatic rings. The van der Waals surface area contributed by atoms with Crippen molar-refractivity contribution in [3.63, 3.8) is 0 Å². The lowest BCUT2D eigenvalue weighted by molar-refractivity contribution is -0.120. The fraction of sp³-hybridized carbons (Fsp3) is 0.286. The van der Waals surface area contributed by atoms with Gasteiger partial charge in [-0.15, -0.1) is 11.8 Å². The van der Waals surface area contributed by atoms with Gasteiger partial charge in [0.25, 0.3) is 17.7 Å². The van der Waals surface area contributed by atoms with Crippen molar-refractivity contribution in [1.82, 2.24) is 10.6 Å². The van der Waals surface area contributed by atoms with Crippen molar-refractivity contribution >= 4 is 47.0 Å². The Balaban J connectivity index is 1.71. The molecule has 33 heavy (non-hydrogen) atoms. The van der Waals surface area contributed by atoms with Crippen molar-refractivity contribution in [3.8, 4) is 0 Å². The summed E-state index contributed by atoms with van der Waals surface area (Å²) in [6.45, 7) is -0.0191. The molecule has 1 unspecified atom stereocenters. The number of hydrogen-bond acceptors (Lipinski definition) is 4. The number of amides is 3. The summed E-state index contributed by atoms with van der Waals surface area (Å²) >= 11 is 6.95. The molecule has 3 amide bonds. The summed E-state index contributed by atoms with van der Waals surface area (Å²) in [4.78, 5) is 38.4. The fourth-order valence-electron chi connectivity index (χ4n) is 3.39. The highest BCUT2D eigenvalue weighted by Crippen LogP contribution is 2.42. The van der Waals surface area contributed by atoms with E-state index < -0.39 is 53.7 Å².